The van der Waals surface area contributed by atoms with E-state index in [0.29, 0.717) is 22.4 Å². The zero-order chi connectivity index (χ0) is 18.5. The molecule has 3 aromatic rings. The molecule has 1 N–H and O–H groups in total. The highest BCUT2D eigenvalue weighted by Gasteiger charge is 2.11. The summed E-state index contributed by atoms with van der Waals surface area (Å²) >= 11 is 0. The lowest BCUT2D eigenvalue weighted by Crippen LogP contribution is -2.12. The van der Waals surface area contributed by atoms with Crippen molar-refractivity contribution in [2.75, 3.05) is 5.32 Å². The van der Waals surface area contributed by atoms with Gasteiger partial charge in [0.05, 0.1) is 4.92 Å². The van der Waals surface area contributed by atoms with Crippen molar-refractivity contribution in [2.24, 2.45) is 0 Å². The van der Waals surface area contributed by atoms with E-state index < -0.39 is 4.92 Å². The molecule has 0 saturated carbocycles. The van der Waals surface area contributed by atoms with Crippen molar-refractivity contribution >= 4 is 23.1 Å². The number of carbonyl (C=O) groups is 2. The third-order valence-corrected chi connectivity index (χ3v) is 3.78. The van der Waals surface area contributed by atoms with Gasteiger partial charge in [-0.2, -0.15) is 0 Å². The Balaban J connectivity index is 1.71. The van der Waals surface area contributed by atoms with Gasteiger partial charge in [0.25, 0.3) is 11.6 Å². The first kappa shape index (κ1) is 17.0. The van der Waals surface area contributed by atoms with E-state index in [9.17, 15) is 19.7 Å². The minimum absolute atomic E-state index is 0.0493. The van der Waals surface area contributed by atoms with Gasteiger partial charge >= 0.3 is 0 Å². The van der Waals surface area contributed by atoms with E-state index in [4.69, 9.17) is 0 Å². The van der Waals surface area contributed by atoms with Crippen molar-refractivity contribution in [1.82, 2.24) is 0 Å². The molecule has 0 atom stereocenters. The van der Waals surface area contributed by atoms with Crippen molar-refractivity contribution in [3.05, 3.63) is 106 Å². The fourth-order valence-corrected chi connectivity index (χ4v) is 2.40. The fraction of sp³-hybridized carbons (Fsp3) is 0. The first-order valence-electron chi connectivity index (χ1n) is 7.80. The predicted octanol–water partition coefficient (Wildman–Crippen LogP) is 4.08. The van der Waals surface area contributed by atoms with E-state index in [2.05, 4.69) is 5.32 Å². The first-order chi connectivity index (χ1) is 12.5. The van der Waals surface area contributed by atoms with E-state index >= 15 is 0 Å². The molecular formula is C20H14N2O4. The average molecular weight is 346 g/mol. The molecular weight excluding hydrogens is 332 g/mol. The molecule has 6 heteroatoms. The number of non-ortho nitro benzene ring substituents is 1. The molecule has 128 valence electrons. The number of ketones is 1. The Labute approximate surface area is 149 Å². The molecule has 0 bridgehead atoms. The van der Waals surface area contributed by atoms with Crippen LogP contribution < -0.4 is 5.32 Å². The number of rotatable bonds is 5. The average Bonchev–Trinajstić information content (AvgIpc) is 2.68. The second kappa shape index (κ2) is 7.40. The maximum atomic E-state index is 12.3. The smallest absolute Gasteiger partial charge is 0.269 e. The minimum Gasteiger partial charge on any atom is -0.322 e. The van der Waals surface area contributed by atoms with Crippen molar-refractivity contribution in [3.63, 3.8) is 0 Å². The molecule has 0 radical (unpaired) electrons. The van der Waals surface area contributed by atoms with Gasteiger partial charge in [0, 0.05) is 34.5 Å². The summed E-state index contributed by atoms with van der Waals surface area (Å²) in [6.45, 7) is 0. The third kappa shape index (κ3) is 3.81. The Morgan fingerprint density at radius 3 is 1.85 bits per heavy atom. The summed E-state index contributed by atoms with van der Waals surface area (Å²) in [6.07, 6.45) is 0. The number of nitrogens with zero attached hydrogens (tertiary/aromatic N) is 1. The molecule has 3 aromatic carbocycles. The number of benzene rings is 3. The molecule has 26 heavy (non-hydrogen) atoms. The molecule has 0 aliphatic heterocycles. The summed E-state index contributed by atoms with van der Waals surface area (Å²) in [5.74, 6) is -0.481. The Morgan fingerprint density at radius 2 is 1.27 bits per heavy atom. The van der Waals surface area contributed by atoms with Gasteiger partial charge in [-0.05, 0) is 24.3 Å². The van der Waals surface area contributed by atoms with Crippen LogP contribution in [0.25, 0.3) is 0 Å². The maximum Gasteiger partial charge on any atom is 0.269 e. The summed E-state index contributed by atoms with van der Waals surface area (Å²) in [5.41, 5.74) is 1.85. The van der Waals surface area contributed by atoms with Gasteiger partial charge in [0.15, 0.2) is 5.78 Å². The van der Waals surface area contributed by atoms with Crippen LogP contribution in [0.5, 0.6) is 0 Å². The van der Waals surface area contributed by atoms with Crippen molar-refractivity contribution in [2.45, 2.75) is 0 Å². The second-order valence-corrected chi connectivity index (χ2v) is 5.53. The number of anilines is 1. The summed E-state index contributed by atoms with van der Waals surface area (Å²) in [7, 11) is 0. The Hall–Kier alpha value is -3.80. The molecule has 0 heterocycles. The predicted molar refractivity (Wildman–Crippen MR) is 97.4 cm³/mol. The van der Waals surface area contributed by atoms with Gasteiger partial charge < -0.3 is 5.32 Å². The van der Waals surface area contributed by atoms with E-state index in [-0.39, 0.29) is 17.4 Å². The molecule has 6 nitrogen and oxygen atoms in total. The van der Waals surface area contributed by atoms with E-state index in [1.807, 2.05) is 6.07 Å². The highest BCUT2D eigenvalue weighted by atomic mass is 16.6. The normalized spacial score (nSPS) is 10.2. The van der Waals surface area contributed by atoms with Gasteiger partial charge in [0.1, 0.15) is 0 Å². The second-order valence-electron chi connectivity index (χ2n) is 5.53. The van der Waals surface area contributed by atoms with Crippen LogP contribution in [-0.4, -0.2) is 16.6 Å². The van der Waals surface area contributed by atoms with Crippen LogP contribution in [-0.2, 0) is 0 Å². The molecule has 0 aliphatic rings. The topological polar surface area (TPSA) is 89.3 Å². The van der Waals surface area contributed by atoms with E-state index in [0.717, 1.165) is 0 Å². The number of hydrogen-bond donors (Lipinski definition) is 1. The minimum atomic E-state index is -0.506. The van der Waals surface area contributed by atoms with Gasteiger partial charge in [0.2, 0.25) is 0 Å². The number of nitrogens with one attached hydrogen (secondary N) is 1. The maximum absolute atomic E-state index is 12.3. The van der Waals surface area contributed by atoms with Gasteiger partial charge in [-0.1, -0.05) is 42.5 Å². The molecule has 0 fully saturated rings. The number of carbonyl (C=O) groups excluding carboxylic acids is 2. The third-order valence-electron chi connectivity index (χ3n) is 3.78. The van der Waals surface area contributed by atoms with Crippen molar-refractivity contribution in [1.29, 1.82) is 0 Å². The zero-order valence-electron chi connectivity index (χ0n) is 13.6. The SMILES string of the molecule is O=C(Nc1ccc([N+](=O)[O-])cc1)c1ccc(C(=O)c2ccccc2)cc1. The van der Waals surface area contributed by atoms with Crippen LogP contribution in [0.3, 0.4) is 0 Å². The van der Waals surface area contributed by atoms with Crippen molar-refractivity contribution < 1.29 is 14.5 Å². The van der Waals surface area contributed by atoms with E-state index in [1.165, 1.54) is 24.3 Å². The van der Waals surface area contributed by atoms with E-state index in [1.54, 1.807) is 48.5 Å². The first-order valence-corrected chi connectivity index (χ1v) is 7.80. The standard InChI is InChI=1S/C20H14N2O4/c23-19(14-4-2-1-3-5-14)15-6-8-16(9-7-15)20(24)21-17-10-12-18(13-11-17)22(25)26/h1-13H,(H,21,24). The Morgan fingerprint density at radius 1 is 0.731 bits per heavy atom. The number of nitro groups is 1. The number of amides is 1. The van der Waals surface area contributed by atoms with Gasteiger partial charge in [-0.15, -0.1) is 0 Å². The van der Waals surface area contributed by atoms with Crippen LogP contribution in [0, 0.1) is 10.1 Å². The molecule has 0 aromatic heterocycles. The Bertz CT molecular complexity index is 949. The quantitative estimate of drug-likeness (QED) is 0.428. The summed E-state index contributed by atoms with van der Waals surface area (Å²) in [5, 5.41) is 13.3. The monoisotopic (exact) mass is 346 g/mol. The molecule has 3 rings (SSSR count). The summed E-state index contributed by atoms with van der Waals surface area (Å²) in [4.78, 5) is 34.7. The van der Waals surface area contributed by atoms with Crippen LogP contribution in [0.1, 0.15) is 26.3 Å². The lowest BCUT2D eigenvalue weighted by atomic mass is 10.0. The zero-order valence-corrected chi connectivity index (χ0v) is 13.6. The number of nitro benzene ring substituents is 1. The molecule has 0 aliphatic carbocycles. The van der Waals surface area contributed by atoms with Crippen LogP contribution in [0.4, 0.5) is 11.4 Å². The molecule has 1 amide bonds. The largest absolute Gasteiger partial charge is 0.322 e. The summed E-state index contributed by atoms with van der Waals surface area (Å²) in [6, 6.07) is 20.8. The van der Waals surface area contributed by atoms with Gasteiger partial charge in [-0.25, -0.2) is 0 Å². The van der Waals surface area contributed by atoms with Crippen LogP contribution in [0.15, 0.2) is 78.9 Å². The lowest BCUT2D eigenvalue weighted by Gasteiger charge is -2.06. The van der Waals surface area contributed by atoms with Gasteiger partial charge in [-0.3, -0.25) is 19.7 Å². The van der Waals surface area contributed by atoms with Crippen LogP contribution in [0.2, 0.25) is 0 Å². The summed E-state index contributed by atoms with van der Waals surface area (Å²) < 4.78 is 0. The molecule has 0 unspecified atom stereocenters. The highest BCUT2D eigenvalue weighted by Crippen LogP contribution is 2.17. The molecule has 0 saturated heterocycles. The Kier molecular flexibility index (Phi) is 4.85. The highest BCUT2D eigenvalue weighted by molar-refractivity contribution is 6.10. The fourth-order valence-electron chi connectivity index (χ4n) is 2.40. The van der Waals surface area contributed by atoms with Crippen molar-refractivity contribution in [3.8, 4) is 0 Å². The molecule has 0 spiro atoms. The number of hydrogen-bond acceptors (Lipinski definition) is 4. The lowest BCUT2D eigenvalue weighted by molar-refractivity contribution is -0.384. The van der Waals surface area contributed by atoms with Crippen LogP contribution >= 0.6 is 0 Å².